The van der Waals surface area contributed by atoms with Gasteiger partial charge < -0.3 is 4.74 Å². The van der Waals surface area contributed by atoms with E-state index in [1.165, 1.54) is 31.2 Å². The molecular formula is C28H28N4O. The number of unbranched alkanes of at least 4 members (excludes halogenated alkanes) is 3. The predicted molar refractivity (Wildman–Crippen MR) is 130 cm³/mol. The lowest BCUT2D eigenvalue weighted by Gasteiger charge is -2.26. The molecule has 0 aliphatic carbocycles. The lowest BCUT2D eigenvalue weighted by atomic mass is 9.81. The number of hydrogen-bond donors (Lipinski definition) is 0. The molecule has 0 spiro atoms. The average Bonchev–Trinajstić information content (AvgIpc) is 3.09. The van der Waals surface area contributed by atoms with Crippen LogP contribution in [0.5, 0.6) is 0 Å². The SMILES string of the molecule is CCCCCCc1ccc(C(=C2C=CN=CC2)C2=C(C#N)C(=C(C#N)C#N)OC2(C)C)cc1. The second-order valence-corrected chi connectivity index (χ2v) is 8.66. The van der Waals surface area contributed by atoms with Gasteiger partial charge in [0.05, 0.1) is 0 Å². The van der Waals surface area contributed by atoms with Crippen molar-refractivity contribution in [2.45, 2.75) is 64.9 Å². The minimum absolute atomic E-state index is 0.0570. The number of allylic oxidation sites excluding steroid dienone is 4. The monoisotopic (exact) mass is 436 g/mol. The Labute approximate surface area is 196 Å². The maximum atomic E-state index is 10.1. The van der Waals surface area contributed by atoms with Crippen molar-refractivity contribution in [1.82, 2.24) is 0 Å². The summed E-state index contributed by atoms with van der Waals surface area (Å²) in [5.41, 5.74) is 4.00. The molecule has 33 heavy (non-hydrogen) atoms. The second-order valence-electron chi connectivity index (χ2n) is 8.66. The molecule has 0 radical (unpaired) electrons. The average molecular weight is 437 g/mol. The Morgan fingerprint density at radius 3 is 2.36 bits per heavy atom. The zero-order valence-corrected chi connectivity index (χ0v) is 19.5. The Kier molecular flexibility index (Phi) is 7.66. The molecule has 0 atom stereocenters. The third kappa shape index (κ3) is 5.14. The highest BCUT2D eigenvalue weighted by Gasteiger charge is 2.42. The summed E-state index contributed by atoms with van der Waals surface area (Å²) in [7, 11) is 0. The van der Waals surface area contributed by atoms with E-state index in [9.17, 15) is 15.8 Å². The van der Waals surface area contributed by atoms with E-state index >= 15 is 0 Å². The van der Waals surface area contributed by atoms with Crippen LogP contribution in [-0.2, 0) is 11.2 Å². The van der Waals surface area contributed by atoms with Gasteiger partial charge in [0.1, 0.15) is 29.4 Å². The molecule has 0 bridgehead atoms. The fourth-order valence-corrected chi connectivity index (χ4v) is 4.29. The number of aryl methyl sites for hydroxylation is 1. The molecule has 0 N–H and O–H groups in total. The molecule has 5 nitrogen and oxygen atoms in total. The molecule has 1 aromatic rings. The topological polar surface area (TPSA) is 93.0 Å². The first-order valence-corrected chi connectivity index (χ1v) is 11.4. The maximum Gasteiger partial charge on any atom is 0.172 e. The summed E-state index contributed by atoms with van der Waals surface area (Å²) in [6.07, 6.45) is 12.1. The first kappa shape index (κ1) is 23.8. The van der Waals surface area contributed by atoms with Crippen molar-refractivity contribution in [3.63, 3.8) is 0 Å². The lowest BCUT2D eigenvalue weighted by molar-refractivity contribution is 0.0962. The van der Waals surface area contributed by atoms with Gasteiger partial charge in [0, 0.05) is 24.4 Å². The van der Waals surface area contributed by atoms with Gasteiger partial charge in [-0.3, -0.25) is 4.99 Å². The molecule has 1 aromatic carbocycles. The summed E-state index contributed by atoms with van der Waals surface area (Å²) < 4.78 is 6.05. The van der Waals surface area contributed by atoms with Crippen molar-refractivity contribution in [2.75, 3.05) is 0 Å². The van der Waals surface area contributed by atoms with E-state index in [2.05, 4.69) is 42.3 Å². The minimum atomic E-state index is -0.886. The van der Waals surface area contributed by atoms with Gasteiger partial charge in [0.2, 0.25) is 0 Å². The molecule has 0 amide bonds. The van der Waals surface area contributed by atoms with E-state index in [0.29, 0.717) is 12.0 Å². The normalized spacial score (nSPS) is 17.8. The van der Waals surface area contributed by atoms with Gasteiger partial charge in [-0.15, -0.1) is 0 Å². The summed E-state index contributed by atoms with van der Waals surface area (Å²) in [6, 6.07) is 14.4. The van der Waals surface area contributed by atoms with Gasteiger partial charge in [-0.2, -0.15) is 15.8 Å². The largest absolute Gasteiger partial charge is 0.480 e. The van der Waals surface area contributed by atoms with E-state index in [0.717, 1.165) is 23.1 Å². The van der Waals surface area contributed by atoms with E-state index in [4.69, 9.17) is 4.74 Å². The molecule has 0 saturated heterocycles. The Hall–Kier alpha value is -3.88. The lowest BCUT2D eigenvalue weighted by Crippen LogP contribution is -2.23. The molecule has 3 rings (SSSR count). The molecule has 0 saturated carbocycles. The van der Waals surface area contributed by atoms with Crippen LogP contribution in [0.3, 0.4) is 0 Å². The number of nitrogens with zero attached hydrogens (tertiary/aromatic N) is 4. The van der Waals surface area contributed by atoms with Crippen LogP contribution < -0.4 is 0 Å². The zero-order valence-electron chi connectivity index (χ0n) is 19.5. The Morgan fingerprint density at radius 2 is 1.79 bits per heavy atom. The molecule has 166 valence electrons. The van der Waals surface area contributed by atoms with Crippen molar-refractivity contribution in [3.05, 3.63) is 75.7 Å². The number of rotatable bonds is 7. The zero-order chi connectivity index (χ0) is 23.8. The molecule has 2 aliphatic rings. The highest BCUT2D eigenvalue weighted by atomic mass is 16.5. The number of benzene rings is 1. The van der Waals surface area contributed by atoms with Crippen LogP contribution in [0.4, 0.5) is 0 Å². The Balaban J connectivity index is 2.15. The van der Waals surface area contributed by atoms with Crippen molar-refractivity contribution in [1.29, 1.82) is 15.8 Å². The highest BCUT2D eigenvalue weighted by Crippen LogP contribution is 2.47. The third-order valence-electron chi connectivity index (χ3n) is 5.91. The smallest absolute Gasteiger partial charge is 0.172 e. The van der Waals surface area contributed by atoms with E-state index < -0.39 is 5.60 Å². The van der Waals surface area contributed by atoms with E-state index in [1.807, 2.05) is 38.3 Å². The minimum Gasteiger partial charge on any atom is -0.480 e. The molecule has 2 heterocycles. The third-order valence-corrected chi connectivity index (χ3v) is 5.91. The van der Waals surface area contributed by atoms with Crippen LogP contribution in [0.25, 0.3) is 5.57 Å². The Bertz CT molecular complexity index is 1170. The van der Waals surface area contributed by atoms with Crippen molar-refractivity contribution < 1.29 is 4.74 Å². The molecule has 0 aromatic heterocycles. The first-order valence-electron chi connectivity index (χ1n) is 11.4. The highest BCUT2D eigenvalue weighted by molar-refractivity contribution is 5.90. The summed E-state index contributed by atoms with van der Waals surface area (Å²) in [5, 5.41) is 28.9. The fraction of sp³-hybridized carbons (Fsp3) is 0.357. The van der Waals surface area contributed by atoms with Crippen LogP contribution in [0.15, 0.2) is 69.6 Å². The van der Waals surface area contributed by atoms with Gasteiger partial charge in [-0.1, -0.05) is 50.5 Å². The second kappa shape index (κ2) is 10.6. The quantitative estimate of drug-likeness (QED) is 0.361. The Morgan fingerprint density at radius 1 is 1.06 bits per heavy atom. The van der Waals surface area contributed by atoms with Crippen LogP contribution >= 0.6 is 0 Å². The summed E-state index contributed by atoms with van der Waals surface area (Å²) in [4.78, 5) is 4.19. The van der Waals surface area contributed by atoms with Crippen molar-refractivity contribution >= 4 is 11.8 Å². The number of ether oxygens (including phenoxy) is 1. The van der Waals surface area contributed by atoms with Crippen LogP contribution in [0.1, 0.15) is 64.0 Å². The van der Waals surface area contributed by atoms with E-state index in [-0.39, 0.29) is 16.9 Å². The number of nitriles is 3. The number of aliphatic imine (C=N–C) groups is 1. The standard InChI is InChI=1S/C28H28N4O/c1-4-5-6-7-8-20-9-11-21(12-10-20)25(22-13-15-32-16-14-22)26-24(19-31)27(23(17-29)18-30)33-28(26,2)3/h9-13,15-16H,4-8,14H2,1-3H3. The van der Waals surface area contributed by atoms with Crippen LogP contribution in [-0.4, -0.2) is 11.8 Å². The summed E-state index contributed by atoms with van der Waals surface area (Å²) >= 11 is 0. The van der Waals surface area contributed by atoms with Crippen molar-refractivity contribution in [2.24, 2.45) is 4.99 Å². The van der Waals surface area contributed by atoms with Crippen LogP contribution in [0, 0.1) is 34.0 Å². The van der Waals surface area contributed by atoms with Gasteiger partial charge in [-0.25, -0.2) is 0 Å². The molecule has 2 aliphatic heterocycles. The van der Waals surface area contributed by atoms with Gasteiger partial charge in [-0.05, 0) is 55.0 Å². The molecule has 5 heteroatoms. The van der Waals surface area contributed by atoms with Gasteiger partial charge in [0.15, 0.2) is 11.3 Å². The molecule has 0 fully saturated rings. The fourth-order valence-electron chi connectivity index (χ4n) is 4.29. The number of hydrogen-bond acceptors (Lipinski definition) is 5. The van der Waals surface area contributed by atoms with Crippen molar-refractivity contribution in [3.8, 4) is 18.2 Å². The van der Waals surface area contributed by atoms with Gasteiger partial charge >= 0.3 is 0 Å². The predicted octanol–water partition coefficient (Wildman–Crippen LogP) is 6.48. The summed E-state index contributed by atoms with van der Waals surface area (Å²) in [5.74, 6) is 0.0570. The summed E-state index contributed by atoms with van der Waals surface area (Å²) in [6.45, 7) is 5.94. The maximum absolute atomic E-state index is 10.1. The van der Waals surface area contributed by atoms with Gasteiger partial charge in [0.25, 0.3) is 0 Å². The molecule has 0 unspecified atom stereocenters. The first-order chi connectivity index (χ1) is 16.0. The molecular weight excluding hydrogens is 408 g/mol. The van der Waals surface area contributed by atoms with Crippen LogP contribution in [0.2, 0.25) is 0 Å². The van der Waals surface area contributed by atoms with E-state index in [1.54, 1.807) is 6.20 Å².